The number of aromatic nitrogens is 2. The van der Waals surface area contributed by atoms with E-state index in [4.69, 9.17) is 5.73 Å². The molecule has 4 rings (SSSR count). The minimum atomic E-state index is -0.432. The van der Waals surface area contributed by atoms with Gasteiger partial charge in [0.05, 0.1) is 16.6 Å². The van der Waals surface area contributed by atoms with Gasteiger partial charge in [0, 0.05) is 0 Å². The number of hydrogen-bond donors (Lipinski definition) is 3. The monoisotopic (exact) mass is 240 g/mol. The molecule has 1 aromatic heterocycles. The molecule has 2 aromatic rings. The number of imidazole rings is 1. The molecule has 0 bridgehead atoms. The van der Waals surface area contributed by atoms with E-state index in [9.17, 15) is 5.11 Å². The molecule has 2 aliphatic rings. The lowest BCUT2D eigenvalue weighted by molar-refractivity contribution is 0.368. The predicted molar refractivity (Wildman–Crippen MR) is 69.2 cm³/mol. The molecule has 0 radical (unpaired) electrons. The molecular formula is C13H12N4O. The maximum Gasteiger partial charge on any atom is 0.145 e. The van der Waals surface area contributed by atoms with Crippen LogP contribution in [0.5, 0.6) is 0 Å². The predicted octanol–water partition coefficient (Wildman–Crippen LogP) is 1.74. The molecule has 4 N–H and O–H groups in total. The average molecular weight is 240 g/mol. The molecular weight excluding hydrogens is 228 g/mol. The maximum absolute atomic E-state index is 10.3. The highest BCUT2D eigenvalue weighted by atomic mass is 16.3. The van der Waals surface area contributed by atoms with E-state index >= 15 is 0 Å². The zero-order valence-corrected chi connectivity index (χ0v) is 9.64. The number of rotatable bonds is 1. The summed E-state index contributed by atoms with van der Waals surface area (Å²) in [6, 6.07) is 7.73. The van der Waals surface area contributed by atoms with Gasteiger partial charge in [-0.05, 0) is 25.0 Å². The highest BCUT2D eigenvalue weighted by Gasteiger charge is 2.52. The van der Waals surface area contributed by atoms with Crippen LogP contribution in [0.1, 0.15) is 18.7 Å². The van der Waals surface area contributed by atoms with E-state index in [1.54, 1.807) is 0 Å². The Morgan fingerprint density at radius 2 is 2.06 bits per heavy atom. The molecule has 1 aromatic carbocycles. The highest BCUT2D eigenvalue weighted by molar-refractivity contribution is 6.24. The Morgan fingerprint density at radius 1 is 1.28 bits per heavy atom. The van der Waals surface area contributed by atoms with Gasteiger partial charge in [-0.15, -0.1) is 0 Å². The number of nitrogens with two attached hydrogens (primary N) is 1. The van der Waals surface area contributed by atoms with Crippen molar-refractivity contribution in [2.75, 3.05) is 0 Å². The van der Waals surface area contributed by atoms with Gasteiger partial charge in [0.2, 0.25) is 0 Å². The zero-order chi connectivity index (χ0) is 12.3. The molecule has 90 valence electrons. The number of fused-ring (bicyclic) bond motifs is 1. The van der Waals surface area contributed by atoms with Gasteiger partial charge in [-0.1, -0.05) is 12.1 Å². The first-order valence-corrected chi connectivity index (χ1v) is 5.94. The second-order valence-corrected chi connectivity index (χ2v) is 4.85. The van der Waals surface area contributed by atoms with E-state index in [2.05, 4.69) is 15.0 Å². The summed E-state index contributed by atoms with van der Waals surface area (Å²) in [5.74, 6) is 1.24. The van der Waals surface area contributed by atoms with Crippen LogP contribution >= 0.6 is 0 Å². The van der Waals surface area contributed by atoms with Gasteiger partial charge in [-0.25, -0.2) is 4.98 Å². The molecule has 1 aliphatic heterocycles. The fourth-order valence-electron chi connectivity index (χ4n) is 2.47. The van der Waals surface area contributed by atoms with E-state index in [-0.39, 0.29) is 5.76 Å². The largest absolute Gasteiger partial charge is 0.509 e. The van der Waals surface area contributed by atoms with Gasteiger partial charge in [-0.3, -0.25) is 4.99 Å². The number of nitrogens with zero attached hydrogens (tertiary/aromatic N) is 2. The molecule has 5 heteroatoms. The van der Waals surface area contributed by atoms with Crippen LogP contribution in [-0.4, -0.2) is 26.4 Å². The first-order chi connectivity index (χ1) is 8.70. The Hall–Kier alpha value is -2.30. The van der Waals surface area contributed by atoms with Crippen molar-refractivity contribution in [3.8, 4) is 0 Å². The number of aliphatic hydroxyl groups excluding tert-OH is 1. The van der Waals surface area contributed by atoms with E-state index in [0.29, 0.717) is 17.2 Å². The number of amidine groups is 1. The fourth-order valence-corrected chi connectivity index (χ4v) is 2.47. The number of aromatic amines is 1. The van der Waals surface area contributed by atoms with Gasteiger partial charge >= 0.3 is 0 Å². The van der Waals surface area contributed by atoms with Gasteiger partial charge in [-0.2, -0.15) is 0 Å². The lowest BCUT2D eigenvalue weighted by atomic mass is 10.1. The second-order valence-electron chi connectivity index (χ2n) is 4.85. The van der Waals surface area contributed by atoms with Crippen molar-refractivity contribution in [1.29, 1.82) is 0 Å². The first-order valence-electron chi connectivity index (χ1n) is 5.94. The summed E-state index contributed by atoms with van der Waals surface area (Å²) in [5, 5.41) is 10.3. The van der Waals surface area contributed by atoms with Crippen molar-refractivity contribution in [1.82, 2.24) is 9.97 Å². The number of benzene rings is 1. The third-order valence-corrected chi connectivity index (χ3v) is 3.62. The summed E-state index contributed by atoms with van der Waals surface area (Å²) in [4.78, 5) is 12.0. The summed E-state index contributed by atoms with van der Waals surface area (Å²) in [5.41, 5.74) is 7.82. The van der Waals surface area contributed by atoms with Gasteiger partial charge in [0.25, 0.3) is 0 Å². The third-order valence-electron chi connectivity index (χ3n) is 3.62. The quantitative estimate of drug-likeness (QED) is 0.709. The van der Waals surface area contributed by atoms with Crippen LogP contribution in [0, 0.1) is 0 Å². The van der Waals surface area contributed by atoms with Gasteiger partial charge in [0.15, 0.2) is 0 Å². The van der Waals surface area contributed by atoms with Crippen molar-refractivity contribution in [3.63, 3.8) is 0 Å². The standard InChI is InChI=1S/C13H12N4O/c14-11-9(10(18)13(17-11)5-6-13)12-15-7-3-1-2-4-8(7)16-12/h1-4,18H,5-6H2,(H2,14,17)(H,15,16). The summed E-state index contributed by atoms with van der Waals surface area (Å²) in [6.45, 7) is 0. The summed E-state index contributed by atoms with van der Waals surface area (Å²) in [7, 11) is 0. The van der Waals surface area contributed by atoms with Crippen LogP contribution in [0.2, 0.25) is 0 Å². The first kappa shape index (κ1) is 9.70. The minimum absolute atomic E-state index is 0.263. The van der Waals surface area contributed by atoms with Crippen LogP contribution in [0.25, 0.3) is 16.6 Å². The number of nitrogens with one attached hydrogen (secondary N) is 1. The van der Waals surface area contributed by atoms with Crippen LogP contribution in [0.4, 0.5) is 0 Å². The molecule has 1 aliphatic carbocycles. The molecule has 0 saturated heterocycles. The number of H-pyrrole nitrogens is 1. The lowest BCUT2D eigenvalue weighted by Crippen LogP contribution is -2.12. The SMILES string of the molecule is NC1=NC2(CC2)C(O)=C1c1nc2ccccc2[nH]1. The van der Waals surface area contributed by atoms with E-state index in [1.807, 2.05) is 24.3 Å². The van der Waals surface area contributed by atoms with Crippen LogP contribution < -0.4 is 5.73 Å². The van der Waals surface area contributed by atoms with E-state index in [0.717, 1.165) is 23.9 Å². The van der Waals surface area contributed by atoms with Crippen LogP contribution in [0.15, 0.2) is 35.0 Å². The topological polar surface area (TPSA) is 87.3 Å². The number of hydrogen-bond acceptors (Lipinski definition) is 4. The van der Waals surface area contributed by atoms with E-state index in [1.165, 1.54) is 0 Å². The lowest BCUT2D eigenvalue weighted by Gasteiger charge is -2.02. The Bertz CT molecular complexity index is 688. The Kier molecular flexibility index (Phi) is 1.58. The molecule has 1 saturated carbocycles. The molecule has 1 spiro atoms. The average Bonchev–Trinajstić information content (AvgIpc) is 2.93. The maximum atomic E-state index is 10.3. The number of aliphatic imine (C=N–C) groups is 1. The molecule has 0 atom stereocenters. The molecule has 2 heterocycles. The van der Waals surface area contributed by atoms with Crippen molar-refractivity contribution < 1.29 is 5.11 Å². The zero-order valence-electron chi connectivity index (χ0n) is 9.64. The summed E-state index contributed by atoms with van der Waals surface area (Å²) < 4.78 is 0. The van der Waals surface area contributed by atoms with Gasteiger partial charge < -0.3 is 15.8 Å². The van der Waals surface area contributed by atoms with Gasteiger partial charge in [0.1, 0.15) is 23.0 Å². The van der Waals surface area contributed by atoms with Crippen molar-refractivity contribution in [3.05, 3.63) is 35.8 Å². The second kappa shape index (κ2) is 2.93. The van der Waals surface area contributed by atoms with Crippen molar-refractivity contribution in [2.45, 2.75) is 18.4 Å². The minimum Gasteiger partial charge on any atom is -0.509 e. The Balaban J connectivity index is 1.93. The van der Waals surface area contributed by atoms with E-state index < -0.39 is 5.54 Å². The smallest absolute Gasteiger partial charge is 0.145 e. The molecule has 18 heavy (non-hydrogen) atoms. The highest BCUT2D eigenvalue weighted by Crippen LogP contribution is 2.50. The molecule has 1 fully saturated rings. The van der Waals surface area contributed by atoms with Crippen molar-refractivity contribution in [2.24, 2.45) is 10.7 Å². The van der Waals surface area contributed by atoms with Crippen molar-refractivity contribution >= 4 is 22.4 Å². The fraction of sp³-hybridized carbons (Fsp3) is 0.231. The summed E-state index contributed by atoms with van der Waals surface area (Å²) in [6.07, 6.45) is 1.73. The summed E-state index contributed by atoms with van der Waals surface area (Å²) >= 11 is 0. The molecule has 0 amide bonds. The molecule has 0 unspecified atom stereocenters. The molecule has 5 nitrogen and oxygen atoms in total. The Morgan fingerprint density at radius 3 is 2.72 bits per heavy atom. The van der Waals surface area contributed by atoms with Crippen LogP contribution in [0.3, 0.4) is 0 Å². The number of para-hydroxylation sites is 2. The normalized spacial score (nSPS) is 20.8. The third kappa shape index (κ3) is 1.11. The van der Waals surface area contributed by atoms with Crippen LogP contribution in [-0.2, 0) is 0 Å². The number of aliphatic hydroxyl groups is 1. The Labute approximate surface area is 103 Å².